The molecule has 0 unspecified atom stereocenters. The number of benzene rings is 1. The molecule has 11 heavy (non-hydrogen) atoms. The molecule has 0 radical (unpaired) electrons. The lowest BCUT2D eigenvalue weighted by atomic mass is 10.1. The van der Waals surface area contributed by atoms with Crippen LogP contribution in [0.4, 0.5) is 8.78 Å². The Morgan fingerprint density at radius 2 is 2.00 bits per heavy atom. The normalized spacial score (nSPS) is 13.1. The third kappa shape index (κ3) is 1.54. The van der Waals surface area contributed by atoms with E-state index in [1.165, 1.54) is 19.1 Å². The van der Waals surface area contributed by atoms with Crippen LogP contribution in [0.1, 0.15) is 18.6 Å². The van der Waals surface area contributed by atoms with Gasteiger partial charge in [0.25, 0.3) is 0 Å². The Morgan fingerprint density at radius 3 is 2.45 bits per heavy atom. The van der Waals surface area contributed by atoms with Crippen molar-refractivity contribution in [2.45, 2.75) is 13.0 Å². The van der Waals surface area contributed by atoms with Crippen LogP contribution in [-0.4, -0.2) is 5.11 Å². The average Bonchev–Trinajstić information content (AvgIpc) is 1.94. The van der Waals surface area contributed by atoms with Gasteiger partial charge in [-0.25, -0.2) is 8.78 Å². The van der Waals surface area contributed by atoms with Crippen LogP contribution in [0.3, 0.4) is 0 Å². The molecule has 1 atom stereocenters. The molecule has 1 aromatic carbocycles. The van der Waals surface area contributed by atoms with Gasteiger partial charge in [-0.2, -0.15) is 0 Å². The Bertz CT molecular complexity index is 258. The number of hydrogen-bond acceptors (Lipinski definition) is 1. The van der Waals surface area contributed by atoms with Crippen molar-refractivity contribution in [3.05, 3.63) is 35.4 Å². The molecule has 0 saturated heterocycles. The fraction of sp³-hybridized carbons (Fsp3) is 0.250. The highest BCUT2D eigenvalue weighted by atomic mass is 19.2. The van der Waals surface area contributed by atoms with E-state index in [2.05, 4.69) is 0 Å². The number of aliphatic hydroxyl groups excluding tert-OH is 1. The smallest absolute Gasteiger partial charge is 0.164 e. The summed E-state index contributed by atoms with van der Waals surface area (Å²) in [5, 5.41) is 8.92. The van der Waals surface area contributed by atoms with E-state index in [4.69, 9.17) is 5.11 Å². The van der Waals surface area contributed by atoms with Crippen LogP contribution in [0.15, 0.2) is 18.2 Å². The van der Waals surface area contributed by atoms with Crippen molar-refractivity contribution in [3.63, 3.8) is 0 Å². The van der Waals surface area contributed by atoms with Crippen LogP contribution in [0, 0.1) is 11.6 Å². The molecule has 1 N–H and O–H groups in total. The second kappa shape index (κ2) is 2.96. The fourth-order valence-corrected chi connectivity index (χ4v) is 0.843. The number of halogens is 2. The zero-order valence-electron chi connectivity index (χ0n) is 6.01. The molecule has 1 rings (SSSR count). The molecule has 1 nitrogen and oxygen atoms in total. The number of hydrogen-bond donors (Lipinski definition) is 1. The Balaban J connectivity index is 3.17. The highest BCUT2D eigenvalue weighted by Gasteiger charge is 2.10. The van der Waals surface area contributed by atoms with E-state index >= 15 is 0 Å². The predicted molar refractivity (Wildman–Crippen MR) is 37.0 cm³/mol. The van der Waals surface area contributed by atoms with E-state index in [1.807, 2.05) is 0 Å². The lowest BCUT2D eigenvalue weighted by Gasteiger charge is -2.05. The van der Waals surface area contributed by atoms with Crippen molar-refractivity contribution in [2.75, 3.05) is 0 Å². The van der Waals surface area contributed by atoms with Crippen LogP contribution in [0.5, 0.6) is 0 Å². The predicted octanol–water partition coefficient (Wildman–Crippen LogP) is 2.02. The molecule has 0 heterocycles. The minimum Gasteiger partial charge on any atom is -0.389 e. The molecule has 60 valence electrons. The first-order valence-electron chi connectivity index (χ1n) is 3.25. The molecular weight excluding hydrogens is 150 g/mol. The molecule has 0 aliphatic heterocycles. The van der Waals surface area contributed by atoms with Gasteiger partial charge < -0.3 is 5.11 Å². The van der Waals surface area contributed by atoms with Crippen molar-refractivity contribution >= 4 is 0 Å². The summed E-state index contributed by atoms with van der Waals surface area (Å²) in [5.41, 5.74) is -0.00926. The molecule has 0 aliphatic carbocycles. The third-order valence-electron chi connectivity index (χ3n) is 1.43. The van der Waals surface area contributed by atoms with E-state index in [-0.39, 0.29) is 5.56 Å². The minimum atomic E-state index is -0.970. The molecule has 0 spiro atoms. The lowest BCUT2D eigenvalue weighted by Crippen LogP contribution is -1.97. The number of rotatable bonds is 1. The highest BCUT2D eigenvalue weighted by Crippen LogP contribution is 2.17. The van der Waals surface area contributed by atoms with Gasteiger partial charge in [-0.15, -0.1) is 0 Å². The lowest BCUT2D eigenvalue weighted by molar-refractivity contribution is 0.192. The van der Waals surface area contributed by atoms with E-state index in [9.17, 15) is 8.78 Å². The summed E-state index contributed by atoms with van der Waals surface area (Å²) in [5.74, 6) is -1.90. The molecule has 0 bridgehead atoms. The van der Waals surface area contributed by atoms with Gasteiger partial charge in [-0.3, -0.25) is 0 Å². The monoisotopic (exact) mass is 158 g/mol. The highest BCUT2D eigenvalue weighted by molar-refractivity contribution is 5.20. The zero-order valence-corrected chi connectivity index (χ0v) is 6.01. The SMILES string of the molecule is C[C@H](O)c1cccc(F)c1F. The molecule has 3 heteroatoms. The Morgan fingerprint density at radius 1 is 1.36 bits per heavy atom. The van der Waals surface area contributed by atoms with E-state index < -0.39 is 17.7 Å². The third-order valence-corrected chi connectivity index (χ3v) is 1.43. The first-order valence-corrected chi connectivity index (χ1v) is 3.25. The minimum absolute atomic E-state index is 0.00926. The maximum absolute atomic E-state index is 12.7. The molecular formula is C8H8F2O. The summed E-state index contributed by atoms with van der Waals surface area (Å²) in [6.45, 7) is 1.39. The van der Waals surface area contributed by atoms with Crippen LogP contribution in [0.2, 0.25) is 0 Å². The van der Waals surface area contributed by atoms with Gasteiger partial charge >= 0.3 is 0 Å². The molecule has 0 aliphatic rings. The van der Waals surface area contributed by atoms with Crippen molar-refractivity contribution in [3.8, 4) is 0 Å². The quantitative estimate of drug-likeness (QED) is 0.662. The fourth-order valence-electron chi connectivity index (χ4n) is 0.843. The summed E-state index contributed by atoms with van der Waals surface area (Å²) < 4.78 is 25.2. The maximum Gasteiger partial charge on any atom is 0.164 e. The molecule has 0 fully saturated rings. The average molecular weight is 158 g/mol. The van der Waals surface area contributed by atoms with Crippen LogP contribution >= 0.6 is 0 Å². The van der Waals surface area contributed by atoms with Crippen molar-refractivity contribution in [1.82, 2.24) is 0 Å². The van der Waals surface area contributed by atoms with Gasteiger partial charge in [0.05, 0.1) is 6.10 Å². The van der Waals surface area contributed by atoms with Gasteiger partial charge in [0.2, 0.25) is 0 Å². The molecule has 1 aromatic rings. The van der Waals surface area contributed by atoms with E-state index in [0.29, 0.717) is 0 Å². The van der Waals surface area contributed by atoms with Crippen molar-refractivity contribution in [1.29, 1.82) is 0 Å². The summed E-state index contributed by atoms with van der Waals surface area (Å²) in [6, 6.07) is 3.73. The van der Waals surface area contributed by atoms with Crippen molar-refractivity contribution < 1.29 is 13.9 Å². The molecule has 0 aromatic heterocycles. The summed E-state index contributed by atoms with van der Waals surface area (Å²) in [6.07, 6.45) is -0.967. The summed E-state index contributed by atoms with van der Waals surface area (Å²) >= 11 is 0. The zero-order chi connectivity index (χ0) is 8.43. The Hall–Kier alpha value is -0.960. The van der Waals surface area contributed by atoms with Crippen LogP contribution in [-0.2, 0) is 0 Å². The molecule has 0 amide bonds. The van der Waals surface area contributed by atoms with E-state index in [0.717, 1.165) is 6.07 Å². The summed E-state index contributed by atoms with van der Waals surface area (Å²) in [4.78, 5) is 0. The largest absolute Gasteiger partial charge is 0.389 e. The maximum atomic E-state index is 12.7. The van der Waals surface area contributed by atoms with Gasteiger partial charge in [0.1, 0.15) is 0 Å². The topological polar surface area (TPSA) is 20.2 Å². The van der Waals surface area contributed by atoms with Gasteiger partial charge in [0.15, 0.2) is 11.6 Å². The molecule has 0 saturated carbocycles. The number of aliphatic hydroxyl groups is 1. The second-order valence-corrected chi connectivity index (χ2v) is 2.32. The van der Waals surface area contributed by atoms with Crippen molar-refractivity contribution in [2.24, 2.45) is 0 Å². The van der Waals surface area contributed by atoms with E-state index in [1.54, 1.807) is 0 Å². The second-order valence-electron chi connectivity index (χ2n) is 2.32. The first kappa shape index (κ1) is 8.14. The van der Waals surface area contributed by atoms with Gasteiger partial charge in [-0.1, -0.05) is 12.1 Å². The summed E-state index contributed by atoms with van der Waals surface area (Å²) in [7, 11) is 0. The first-order chi connectivity index (χ1) is 5.13. The van der Waals surface area contributed by atoms with Gasteiger partial charge in [0, 0.05) is 5.56 Å². The standard InChI is InChI=1S/C8H8F2O/c1-5(11)6-3-2-4-7(9)8(6)10/h2-5,11H,1H3/t5-/m0/s1. The van der Waals surface area contributed by atoms with Gasteiger partial charge in [-0.05, 0) is 13.0 Å². The Labute approximate surface area is 63.3 Å². The van der Waals surface area contributed by atoms with Crippen LogP contribution in [0.25, 0.3) is 0 Å². The Kier molecular flexibility index (Phi) is 2.19. The van der Waals surface area contributed by atoms with Crippen LogP contribution < -0.4 is 0 Å².